The lowest BCUT2D eigenvalue weighted by atomic mass is 10.1. The van der Waals surface area contributed by atoms with E-state index in [-0.39, 0.29) is 29.6 Å². The molecule has 4 aromatic heterocycles. The van der Waals surface area contributed by atoms with Crippen LogP contribution in [0.4, 0.5) is 11.9 Å². The topological polar surface area (TPSA) is 217 Å². The fraction of sp³-hybridized carbons (Fsp3) is 0.222. The molecule has 15 heteroatoms. The Labute approximate surface area is 239 Å². The summed E-state index contributed by atoms with van der Waals surface area (Å²) in [5.41, 5.74) is 20.5. The van der Waals surface area contributed by atoms with Crippen molar-refractivity contribution < 1.29 is 19.1 Å². The second-order valence-corrected chi connectivity index (χ2v) is 9.38. The van der Waals surface area contributed by atoms with E-state index in [0.29, 0.717) is 52.4 Å². The summed E-state index contributed by atoms with van der Waals surface area (Å²) in [4.78, 5) is 49.9. The Morgan fingerprint density at radius 3 is 2.33 bits per heavy atom. The molecule has 4 heterocycles. The zero-order valence-electron chi connectivity index (χ0n) is 23.2. The van der Waals surface area contributed by atoms with Gasteiger partial charge in [0.2, 0.25) is 23.7 Å². The van der Waals surface area contributed by atoms with Crippen molar-refractivity contribution in [2.45, 2.75) is 33.5 Å². The van der Waals surface area contributed by atoms with E-state index < -0.39 is 17.7 Å². The van der Waals surface area contributed by atoms with Crippen LogP contribution < -0.4 is 27.3 Å². The first-order valence-electron chi connectivity index (χ1n) is 12.9. The maximum Gasteiger partial charge on any atom is 0.276 e. The number of nitrogens with one attached hydrogen (secondary N) is 1. The summed E-state index contributed by atoms with van der Waals surface area (Å²) in [5, 5.41) is 7.17. The van der Waals surface area contributed by atoms with Crippen LogP contribution in [0.2, 0.25) is 0 Å². The Morgan fingerprint density at radius 2 is 1.67 bits per heavy atom. The lowest BCUT2D eigenvalue weighted by molar-refractivity contribution is 0.0991. The van der Waals surface area contributed by atoms with Gasteiger partial charge in [-0.15, -0.1) is 0 Å². The predicted octanol–water partition coefficient (Wildman–Crippen LogP) is 1.60. The number of nitrogens with two attached hydrogens (primary N) is 3. The monoisotopic (exact) mass is 571 g/mol. The third-order valence-electron chi connectivity index (χ3n) is 6.61. The zero-order chi connectivity index (χ0) is 30.1. The van der Waals surface area contributed by atoms with Gasteiger partial charge in [-0.2, -0.15) is 5.10 Å². The third-order valence-corrected chi connectivity index (χ3v) is 6.61. The quantitative estimate of drug-likeness (QED) is 0.179. The van der Waals surface area contributed by atoms with Gasteiger partial charge in [0.1, 0.15) is 22.5 Å². The third kappa shape index (κ3) is 5.10. The van der Waals surface area contributed by atoms with Gasteiger partial charge in [-0.25, -0.2) is 15.0 Å². The molecule has 0 saturated heterocycles. The van der Waals surface area contributed by atoms with Crippen LogP contribution in [0.5, 0.6) is 5.75 Å². The molecule has 0 aliphatic carbocycles. The van der Waals surface area contributed by atoms with E-state index in [1.54, 1.807) is 32.9 Å². The highest BCUT2D eigenvalue weighted by Gasteiger charge is 2.20. The van der Waals surface area contributed by atoms with E-state index >= 15 is 0 Å². The molecule has 216 valence electrons. The number of anilines is 2. The summed E-state index contributed by atoms with van der Waals surface area (Å²) < 4.78 is 10.5. The fourth-order valence-electron chi connectivity index (χ4n) is 4.64. The second-order valence-electron chi connectivity index (χ2n) is 9.38. The molecular formula is C27H29N11O4. The van der Waals surface area contributed by atoms with Crippen LogP contribution in [0.1, 0.15) is 43.8 Å². The number of carbonyl (C=O) groups excluding carboxylic acids is 3. The highest BCUT2D eigenvalue weighted by molar-refractivity contribution is 6.03. The number of rotatable bonds is 10. The number of benzene rings is 1. The van der Waals surface area contributed by atoms with E-state index in [1.807, 2.05) is 19.1 Å². The number of hydrogen-bond acceptors (Lipinski definition) is 9. The Balaban J connectivity index is 1.46. The first-order valence-corrected chi connectivity index (χ1v) is 12.9. The maximum absolute atomic E-state index is 13.2. The smallest absolute Gasteiger partial charge is 0.276 e. The number of ether oxygens (including phenoxy) is 1. The van der Waals surface area contributed by atoms with Gasteiger partial charge < -0.3 is 26.5 Å². The van der Waals surface area contributed by atoms with Crippen molar-refractivity contribution >= 4 is 51.8 Å². The van der Waals surface area contributed by atoms with E-state index in [9.17, 15) is 14.4 Å². The van der Waals surface area contributed by atoms with Crippen LogP contribution in [-0.2, 0) is 19.6 Å². The van der Waals surface area contributed by atoms with Gasteiger partial charge in [0.05, 0.1) is 23.9 Å². The van der Waals surface area contributed by atoms with Crippen LogP contribution in [0.3, 0.4) is 0 Å². The highest BCUT2D eigenvalue weighted by atomic mass is 16.5. The van der Waals surface area contributed by atoms with Gasteiger partial charge in [0.25, 0.3) is 5.91 Å². The van der Waals surface area contributed by atoms with Gasteiger partial charge in [-0.1, -0.05) is 12.2 Å². The molecule has 1 aromatic carbocycles. The van der Waals surface area contributed by atoms with Crippen molar-refractivity contribution in [1.29, 1.82) is 0 Å². The number of aryl methyl sites for hydroxylation is 2. The van der Waals surface area contributed by atoms with Crippen LogP contribution in [-0.4, -0.2) is 58.7 Å². The summed E-state index contributed by atoms with van der Waals surface area (Å²) in [7, 11) is 1.48. The van der Waals surface area contributed by atoms with E-state index in [4.69, 9.17) is 21.9 Å². The number of nitrogen functional groups attached to an aromatic ring is 1. The molecule has 42 heavy (non-hydrogen) atoms. The van der Waals surface area contributed by atoms with Crippen LogP contribution in [0.25, 0.3) is 22.2 Å². The Hall–Kier alpha value is -5.73. The summed E-state index contributed by atoms with van der Waals surface area (Å²) in [6, 6.07) is 6.31. The summed E-state index contributed by atoms with van der Waals surface area (Å²) in [6.07, 6.45) is 5.05. The average Bonchev–Trinajstić information content (AvgIpc) is 3.61. The average molecular weight is 572 g/mol. The molecule has 15 nitrogen and oxygen atoms in total. The molecule has 0 bridgehead atoms. The first kappa shape index (κ1) is 27.8. The zero-order valence-corrected chi connectivity index (χ0v) is 23.2. The molecule has 0 saturated carbocycles. The molecule has 0 fully saturated rings. The lowest BCUT2D eigenvalue weighted by Gasteiger charge is -2.09. The number of nitrogens with zero attached hydrogens (tertiary/aromatic N) is 7. The molecule has 0 atom stereocenters. The van der Waals surface area contributed by atoms with Gasteiger partial charge in [-0.05, 0) is 38.1 Å². The number of amides is 3. The van der Waals surface area contributed by atoms with E-state index in [1.165, 1.54) is 25.4 Å². The minimum absolute atomic E-state index is 0.191. The largest absolute Gasteiger partial charge is 0.494 e. The molecular weight excluding hydrogens is 542 g/mol. The molecule has 5 aromatic rings. The van der Waals surface area contributed by atoms with Crippen molar-refractivity contribution in [3.63, 3.8) is 0 Å². The SMILES string of the molecule is CCn1nc(C)cc1C(=O)Nc1nc2cc(C(N)=O)cnc2n1C/C=C/Cn1c(N)nc2cc(C(N)=O)cc(OC)c21. The van der Waals surface area contributed by atoms with Crippen LogP contribution >= 0.6 is 0 Å². The number of methoxy groups -OCH3 is 1. The minimum Gasteiger partial charge on any atom is -0.494 e. The molecule has 5 rings (SSSR count). The van der Waals surface area contributed by atoms with Crippen molar-refractivity contribution in [1.82, 2.24) is 33.9 Å². The number of aromatic nitrogens is 7. The standard InChI is InChI=1S/C27H29N11O4/c1-4-38-19(9-14(2)35-38)25(41)34-27-33-18-11-16(23(29)40)13-31-24(18)37(27)8-6-5-7-36-21-17(32-26(36)30)10-15(22(28)39)12-20(21)42-3/h5-6,9-13H,4,7-8H2,1-3H3,(H2,28,39)(H2,29,40)(H2,30,32)(H,33,34,41)/b6-5+. The number of fused-ring (bicyclic) bond motifs is 2. The van der Waals surface area contributed by atoms with Crippen molar-refractivity contribution in [3.05, 3.63) is 65.1 Å². The molecule has 0 unspecified atom stereocenters. The molecule has 7 N–H and O–H groups in total. The highest BCUT2D eigenvalue weighted by Crippen LogP contribution is 2.29. The Morgan fingerprint density at radius 1 is 0.976 bits per heavy atom. The predicted molar refractivity (Wildman–Crippen MR) is 155 cm³/mol. The van der Waals surface area contributed by atoms with Gasteiger partial charge in [0.15, 0.2) is 5.65 Å². The summed E-state index contributed by atoms with van der Waals surface area (Å²) in [6.45, 7) is 4.79. The van der Waals surface area contributed by atoms with Crippen molar-refractivity contribution in [2.24, 2.45) is 11.5 Å². The Kier molecular flexibility index (Phi) is 7.31. The van der Waals surface area contributed by atoms with Crippen LogP contribution in [0, 0.1) is 6.92 Å². The number of carbonyl (C=O) groups is 3. The molecule has 0 aliphatic heterocycles. The normalized spacial score (nSPS) is 11.5. The van der Waals surface area contributed by atoms with Crippen molar-refractivity contribution in [2.75, 3.05) is 18.2 Å². The van der Waals surface area contributed by atoms with E-state index in [0.717, 1.165) is 0 Å². The maximum atomic E-state index is 13.2. The summed E-state index contributed by atoms with van der Waals surface area (Å²) in [5.74, 6) is -0.795. The molecule has 0 spiro atoms. The number of allylic oxidation sites excluding steroid dienone is 2. The van der Waals surface area contributed by atoms with Gasteiger partial charge in [-0.3, -0.25) is 28.9 Å². The number of primary amides is 2. The number of imidazole rings is 2. The van der Waals surface area contributed by atoms with Crippen molar-refractivity contribution in [3.8, 4) is 5.75 Å². The summed E-state index contributed by atoms with van der Waals surface area (Å²) >= 11 is 0. The van der Waals surface area contributed by atoms with Gasteiger partial charge >= 0.3 is 0 Å². The number of pyridine rings is 1. The lowest BCUT2D eigenvalue weighted by Crippen LogP contribution is -2.20. The van der Waals surface area contributed by atoms with Crippen LogP contribution in [0.15, 0.2) is 42.6 Å². The van der Waals surface area contributed by atoms with E-state index in [2.05, 4.69) is 25.4 Å². The molecule has 0 radical (unpaired) electrons. The molecule has 0 aliphatic rings. The Bertz CT molecular complexity index is 1900. The first-order chi connectivity index (χ1) is 20.1. The second kappa shape index (κ2) is 11.0. The minimum atomic E-state index is -0.643. The molecule has 3 amide bonds. The number of hydrogen-bond donors (Lipinski definition) is 4. The fourth-order valence-corrected chi connectivity index (χ4v) is 4.64. The van der Waals surface area contributed by atoms with Gasteiger partial charge in [0, 0.05) is 31.4 Å².